The molecule has 2 rings (SSSR count). The molecule has 2 heterocycles. The van der Waals surface area contributed by atoms with Gasteiger partial charge in [0.15, 0.2) is 0 Å². The number of halogens is 1. The molecule has 4 heteroatoms. The van der Waals surface area contributed by atoms with Crippen LogP contribution in [0.1, 0.15) is 17.7 Å². The largest absolute Gasteiger partial charge is 0.317 e. The van der Waals surface area contributed by atoms with Crippen LogP contribution in [0.4, 0.5) is 0 Å². The number of thiophene rings is 1. The molecule has 0 unspecified atom stereocenters. The van der Waals surface area contributed by atoms with Crippen molar-refractivity contribution in [3.63, 3.8) is 0 Å². The average molecular weight is 245 g/mol. The van der Waals surface area contributed by atoms with E-state index in [0.717, 1.165) is 10.9 Å². The lowest BCUT2D eigenvalue weighted by molar-refractivity contribution is 0.196. The maximum absolute atomic E-state index is 5.91. The van der Waals surface area contributed by atoms with Gasteiger partial charge >= 0.3 is 0 Å². The molecule has 84 valence electrons. The van der Waals surface area contributed by atoms with E-state index >= 15 is 0 Å². The molecule has 1 saturated heterocycles. The Morgan fingerprint density at radius 1 is 1.47 bits per heavy atom. The van der Waals surface area contributed by atoms with Crippen LogP contribution in [-0.4, -0.2) is 31.1 Å². The number of hydrogen-bond acceptors (Lipinski definition) is 3. The molecule has 0 saturated carbocycles. The van der Waals surface area contributed by atoms with Crippen LogP contribution in [0.15, 0.2) is 12.1 Å². The topological polar surface area (TPSA) is 15.3 Å². The number of nitrogens with one attached hydrogen (secondary N) is 1. The van der Waals surface area contributed by atoms with Crippen LogP contribution in [0.25, 0.3) is 0 Å². The minimum absolute atomic E-state index is 0.716. The summed E-state index contributed by atoms with van der Waals surface area (Å²) in [5.41, 5.74) is 0. The van der Waals surface area contributed by atoms with Crippen molar-refractivity contribution in [2.24, 2.45) is 0 Å². The van der Waals surface area contributed by atoms with Crippen LogP contribution < -0.4 is 5.32 Å². The molecular weight excluding hydrogens is 228 g/mol. The predicted octanol–water partition coefficient (Wildman–Crippen LogP) is 2.59. The molecule has 0 aromatic carbocycles. The Bertz CT molecular complexity index is 305. The van der Waals surface area contributed by atoms with Crippen molar-refractivity contribution >= 4 is 22.9 Å². The van der Waals surface area contributed by atoms with E-state index in [9.17, 15) is 0 Å². The first-order chi connectivity index (χ1) is 7.28. The Balaban J connectivity index is 1.82. The van der Waals surface area contributed by atoms with Gasteiger partial charge in [-0.3, -0.25) is 4.90 Å². The maximum Gasteiger partial charge on any atom is 0.0931 e. The maximum atomic E-state index is 5.91. The van der Waals surface area contributed by atoms with Crippen LogP contribution in [-0.2, 0) is 6.54 Å². The molecule has 1 aliphatic heterocycles. The second-order valence-electron chi connectivity index (χ2n) is 4.04. The van der Waals surface area contributed by atoms with Crippen LogP contribution in [0.5, 0.6) is 0 Å². The van der Waals surface area contributed by atoms with Crippen molar-refractivity contribution < 1.29 is 0 Å². The first-order valence-corrected chi connectivity index (χ1v) is 6.61. The normalized spacial score (nSPS) is 19.6. The second kappa shape index (κ2) is 5.30. The Morgan fingerprint density at radius 3 is 2.73 bits per heavy atom. The first-order valence-electron chi connectivity index (χ1n) is 5.42. The molecule has 1 fully saturated rings. The molecule has 1 aromatic heterocycles. The standard InChI is InChI=1S/C11H17ClN2S/c1-13-9-4-6-14(7-5-9)8-10-2-3-11(12)15-10/h2-3,9,13H,4-8H2,1H3. The third-order valence-electron chi connectivity index (χ3n) is 3.00. The van der Waals surface area contributed by atoms with Gasteiger partial charge in [0.2, 0.25) is 0 Å². The van der Waals surface area contributed by atoms with E-state index in [2.05, 4.69) is 23.3 Å². The SMILES string of the molecule is CNC1CCN(Cc2ccc(Cl)s2)CC1. The lowest BCUT2D eigenvalue weighted by atomic mass is 10.1. The molecule has 1 aromatic rings. The zero-order chi connectivity index (χ0) is 10.7. The highest BCUT2D eigenvalue weighted by molar-refractivity contribution is 7.16. The van der Waals surface area contributed by atoms with Gasteiger partial charge in [-0.25, -0.2) is 0 Å². The zero-order valence-electron chi connectivity index (χ0n) is 9.00. The third kappa shape index (κ3) is 3.18. The van der Waals surface area contributed by atoms with Crippen molar-refractivity contribution in [3.8, 4) is 0 Å². The number of hydrogen-bond donors (Lipinski definition) is 1. The number of nitrogens with zero attached hydrogens (tertiary/aromatic N) is 1. The highest BCUT2D eigenvalue weighted by Crippen LogP contribution is 2.23. The van der Waals surface area contributed by atoms with E-state index in [1.165, 1.54) is 30.8 Å². The monoisotopic (exact) mass is 244 g/mol. The van der Waals surface area contributed by atoms with Crippen molar-refractivity contribution in [1.82, 2.24) is 10.2 Å². The quantitative estimate of drug-likeness (QED) is 0.879. The summed E-state index contributed by atoms with van der Waals surface area (Å²) < 4.78 is 0.898. The van der Waals surface area contributed by atoms with Crippen molar-refractivity contribution in [1.29, 1.82) is 0 Å². The average Bonchev–Trinajstić information content (AvgIpc) is 2.65. The fourth-order valence-electron chi connectivity index (χ4n) is 2.04. The molecule has 2 nitrogen and oxygen atoms in total. The van der Waals surface area contributed by atoms with E-state index in [1.54, 1.807) is 11.3 Å². The number of likely N-dealkylation sites (tertiary alicyclic amines) is 1. The van der Waals surface area contributed by atoms with E-state index in [0.29, 0.717) is 6.04 Å². The fraction of sp³-hybridized carbons (Fsp3) is 0.636. The molecule has 0 bridgehead atoms. The van der Waals surface area contributed by atoms with Gasteiger partial charge in [0.05, 0.1) is 4.34 Å². The molecule has 0 spiro atoms. The van der Waals surface area contributed by atoms with Crippen molar-refractivity contribution in [2.45, 2.75) is 25.4 Å². The second-order valence-corrected chi connectivity index (χ2v) is 5.84. The van der Waals surface area contributed by atoms with E-state index in [4.69, 9.17) is 11.6 Å². The van der Waals surface area contributed by atoms with E-state index < -0.39 is 0 Å². The molecule has 0 amide bonds. The highest BCUT2D eigenvalue weighted by Gasteiger charge is 2.17. The van der Waals surface area contributed by atoms with E-state index in [-0.39, 0.29) is 0 Å². The lowest BCUT2D eigenvalue weighted by Crippen LogP contribution is -2.40. The predicted molar refractivity (Wildman–Crippen MR) is 66.7 cm³/mol. The van der Waals surface area contributed by atoms with Gasteiger partial charge in [-0.1, -0.05) is 11.6 Å². The minimum atomic E-state index is 0.716. The van der Waals surface area contributed by atoms with Crippen LogP contribution in [0, 0.1) is 0 Å². The molecule has 15 heavy (non-hydrogen) atoms. The molecule has 0 aliphatic carbocycles. The molecule has 1 aliphatic rings. The van der Waals surface area contributed by atoms with Crippen LogP contribution in [0.3, 0.4) is 0 Å². The van der Waals surface area contributed by atoms with Gasteiger partial charge in [-0.2, -0.15) is 0 Å². The zero-order valence-corrected chi connectivity index (χ0v) is 10.6. The summed E-state index contributed by atoms with van der Waals surface area (Å²) in [6.45, 7) is 3.45. The molecule has 1 N–H and O–H groups in total. The van der Waals surface area contributed by atoms with Crippen LogP contribution >= 0.6 is 22.9 Å². The van der Waals surface area contributed by atoms with Crippen molar-refractivity contribution in [3.05, 3.63) is 21.3 Å². The number of rotatable bonds is 3. The summed E-state index contributed by atoms with van der Waals surface area (Å²) >= 11 is 7.61. The van der Waals surface area contributed by atoms with Crippen LogP contribution in [0.2, 0.25) is 4.34 Å². The molecular formula is C11H17ClN2S. The Morgan fingerprint density at radius 2 is 2.20 bits per heavy atom. The molecule has 0 atom stereocenters. The summed E-state index contributed by atoms with van der Waals surface area (Å²) in [5, 5.41) is 3.35. The summed E-state index contributed by atoms with van der Waals surface area (Å²) in [6, 6.07) is 4.84. The first kappa shape index (κ1) is 11.4. The third-order valence-corrected chi connectivity index (χ3v) is 4.22. The lowest BCUT2D eigenvalue weighted by Gasteiger charge is -2.31. The van der Waals surface area contributed by atoms with Gasteiger partial charge in [-0.05, 0) is 45.1 Å². The summed E-state index contributed by atoms with van der Waals surface area (Å²) in [4.78, 5) is 3.89. The Labute approximate surface area is 100 Å². The summed E-state index contributed by atoms with van der Waals surface area (Å²) in [7, 11) is 2.05. The van der Waals surface area contributed by atoms with Gasteiger partial charge in [0.25, 0.3) is 0 Å². The Hall–Kier alpha value is -0.0900. The summed E-state index contributed by atoms with van der Waals surface area (Å²) in [5.74, 6) is 0. The van der Waals surface area contributed by atoms with Crippen molar-refractivity contribution in [2.75, 3.05) is 20.1 Å². The van der Waals surface area contributed by atoms with Gasteiger partial charge in [0, 0.05) is 17.5 Å². The summed E-state index contributed by atoms with van der Waals surface area (Å²) in [6.07, 6.45) is 2.52. The molecule has 0 radical (unpaired) electrons. The van der Waals surface area contributed by atoms with E-state index in [1.807, 2.05) is 6.07 Å². The van der Waals surface area contributed by atoms with Gasteiger partial charge in [-0.15, -0.1) is 11.3 Å². The smallest absolute Gasteiger partial charge is 0.0931 e. The highest BCUT2D eigenvalue weighted by atomic mass is 35.5. The van der Waals surface area contributed by atoms with Gasteiger partial charge < -0.3 is 5.32 Å². The Kier molecular flexibility index (Phi) is 4.03. The minimum Gasteiger partial charge on any atom is -0.317 e. The van der Waals surface area contributed by atoms with Gasteiger partial charge in [0.1, 0.15) is 0 Å². The number of piperidine rings is 1. The fourth-order valence-corrected chi connectivity index (χ4v) is 3.17.